The van der Waals surface area contributed by atoms with E-state index in [-0.39, 0.29) is 17.9 Å². The summed E-state index contributed by atoms with van der Waals surface area (Å²) in [5, 5.41) is 10.5. The summed E-state index contributed by atoms with van der Waals surface area (Å²) in [6.07, 6.45) is -0.378. The Morgan fingerprint density at radius 2 is 1.72 bits per heavy atom. The number of rotatable bonds is 5. The summed E-state index contributed by atoms with van der Waals surface area (Å²) in [6.45, 7) is 11.1. The zero-order valence-electron chi connectivity index (χ0n) is 12.3. The van der Waals surface area contributed by atoms with Crippen LogP contribution in [0.3, 0.4) is 0 Å². The molecule has 3 atom stereocenters. The third kappa shape index (κ3) is 3.33. The van der Waals surface area contributed by atoms with E-state index in [9.17, 15) is 5.11 Å². The number of aliphatic hydroxyl groups excluding tert-OH is 1. The minimum atomic E-state index is -0.378. The molecule has 102 valence electrons. The van der Waals surface area contributed by atoms with Gasteiger partial charge in [0.1, 0.15) is 0 Å². The highest BCUT2D eigenvalue weighted by Crippen LogP contribution is 2.28. The van der Waals surface area contributed by atoms with Crippen molar-refractivity contribution in [1.82, 2.24) is 0 Å². The van der Waals surface area contributed by atoms with Crippen molar-refractivity contribution in [1.29, 1.82) is 0 Å². The van der Waals surface area contributed by atoms with Crippen molar-refractivity contribution in [3.05, 3.63) is 34.9 Å². The van der Waals surface area contributed by atoms with Crippen LogP contribution >= 0.6 is 0 Å². The van der Waals surface area contributed by atoms with E-state index in [0.29, 0.717) is 12.5 Å². The third-order valence-corrected chi connectivity index (χ3v) is 4.22. The van der Waals surface area contributed by atoms with Crippen molar-refractivity contribution in [3.63, 3.8) is 0 Å². The smallest absolute Gasteiger partial charge is 0.0648 e. The van der Waals surface area contributed by atoms with Crippen molar-refractivity contribution in [2.24, 2.45) is 17.6 Å². The summed E-state index contributed by atoms with van der Waals surface area (Å²) in [7, 11) is 0. The van der Waals surface area contributed by atoms with Crippen molar-refractivity contribution >= 4 is 0 Å². The molecule has 0 aliphatic heterocycles. The van der Waals surface area contributed by atoms with Gasteiger partial charge in [0.15, 0.2) is 0 Å². The van der Waals surface area contributed by atoms with E-state index in [0.717, 1.165) is 5.56 Å². The third-order valence-electron chi connectivity index (χ3n) is 4.22. The highest BCUT2D eigenvalue weighted by Gasteiger charge is 2.27. The average Bonchev–Trinajstić information content (AvgIpc) is 2.33. The van der Waals surface area contributed by atoms with Gasteiger partial charge in [-0.25, -0.2) is 0 Å². The van der Waals surface area contributed by atoms with Gasteiger partial charge in [-0.15, -0.1) is 0 Å². The van der Waals surface area contributed by atoms with Gasteiger partial charge < -0.3 is 10.8 Å². The van der Waals surface area contributed by atoms with Crippen molar-refractivity contribution in [2.75, 3.05) is 6.54 Å². The molecule has 1 aromatic carbocycles. The molecule has 3 N–H and O–H groups in total. The van der Waals surface area contributed by atoms with Crippen molar-refractivity contribution in [2.45, 2.75) is 46.6 Å². The van der Waals surface area contributed by atoms with Gasteiger partial charge in [0.25, 0.3) is 0 Å². The van der Waals surface area contributed by atoms with Gasteiger partial charge in [-0.3, -0.25) is 0 Å². The number of aryl methyl sites for hydroxylation is 2. The van der Waals surface area contributed by atoms with E-state index in [4.69, 9.17) is 5.73 Å². The summed E-state index contributed by atoms with van der Waals surface area (Å²) < 4.78 is 0. The standard InChI is InChI=1S/C16H27NO/c1-10(2)13(5)16(18)15(9-17)14-7-6-11(3)12(4)8-14/h6-8,10,13,15-16,18H,9,17H2,1-5H3. The van der Waals surface area contributed by atoms with Crippen LogP contribution in [0.15, 0.2) is 18.2 Å². The minimum absolute atomic E-state index is 0.0294. The molecule has 1 rings (SSSR count). The van der Waals surface area contributed by atoms with Crippen LogP contribution in [0.4, 0.5) is 0 Å². The number of nitrogens with two attached hydrogens (primary N) is 1. The lowest BCUT2D eigenvalue weighted by atomic mass is 9.81. The SMILES string of the molecule is Cc1ccc(C(CN)C(O)C(C)C(C)C)cc1C. The first kappa shape index (κ1) is 15.2. The van der Waals surface area contributed by atoms with E-state index in [1.54, 1.807) is 0 Å². The Labute approximate surface area is 111 Å². The Bertz CT molecular complexity index is 387. The average molecular weight is 249 g/mol. The van der Waals surface area contributed by atoms with Crippen LogP contribution in [-0.2, 0) is 0 Å². The molecule has 18 heavy (non-hydrogen) atoms. The molecule has 0 heterocycles. The fourth-order valence-electron chi connectivity index (χ4n) is 2.23. The molecule has 3 unspecified atom stereocenters. The second-order valence-corrected chi connectivity index (χ2v) is 5.78. The number of aliphatic hydroxyl groups is 1. The number of hydrogen-bond acceptors (Lipinski definition) is 2. The van der Waals surface area contributed by atoms with Crippen LogP contribution in [0.2, 0.25) is 0 Å². The molecule has 0 radical (unpaired) electrons. The number of hydrogen-bond donors (Lipinski definition) is 2. The van der Waals surface area contributed by atoms with Gasteiger partial charge in [-0.1, -0.05) is 39.0 Å². The first-order valence-corrected chi connectivity index (χ1v) is 6.83. The van der Waals surface area contributed by atoms with Crippen LogP contribution in [0.1, 0.15) is 43.4 Å². The Hall–Kier alpha value is -0.860. The van der Waals surface area contributed by atoms with Crippen LogP contribution in [0.5, 0.6) is 0 Å². The van der Waals surface area contributed by atoms with Gasteiger partial charge >= 0.3 is 0 Å². The predicted octanol–water partition coefficient (Wildman–Crippen LogP) is 3.00. The van der Waals surface area contributed by atoms with E-state index in [1.807, 2.05) is 0 Å². The quantitative estimate of drug-likeness (QED) is 0.842. The zero-order chi connectivity index (χ0) is 13.9. The van der Waals surface area contributed by atoms with Gasteiger partial charge in [0.2, 0.25) is 0 Å². The summed E-state index contributed by atoms with van der Waals surface area (Å²) >= 11 is 0. The zero-order valence-corrected chi connectivity index (χ0v) is 12.3. The number of benzene rings is 1. The van der Waals surface area contributed by atoms with E-state index >= 15 is 0 Å². The fourth-order valence-corrected chi connectivity index (χ4v) is 2.23. The molecule has 0 aromatic heterocycles. The Kier molecular flexibility index (Phi) is 5.36. The van der Waals surface area contributed by atoms with Crippen LogP contribution < -0.4 is 5.73 Å². The molecule has 2 heteroatoms. The summed E-state index contributed by atoms with van der Waals surface area (Å²) in [6, 6.07) is 6.36. The van der Waals surface area contributed by atoms with E-state index < -0.39 is 0 Å². The fraction of sp³-hybridized carbons (Fsp3) is 0.625. The summed E-state index contributed by atoms with van der Waals surface area (Å²) in [5.74, 6) is 0.738. The molecule has 0 fully saturated rings. The first-order valence-electron chi connectivity index (χ1n) is 6.83. The molecule has 2 nitrogen and oxygen atoms in total. The normalized spacial score (nSPS) is 16.7. The molecular formula is C16H27NO. The molecular weight excluding hydrogens is 222 g/mol. The Morgan fingerprint density at radius 3 is 2.17 bits per heavy atom. The highest BCUT2D eigenvalue weighted by molar-refractivity contribution is 5.32. The second kappa shape index (κ2) is 6.35. The van der Waals surface area contributed by atoms with Crippen LogP contribution in [0, 0.1) is 25.7 Å². The lowest BCUT2D eigenvalue weighted by molar-refractivity contribution is 0.0684. The topological polar surface area (TPSA) is 46.2 Å². The lowest BCUT2D eigenvalue weighted by Crippen LogP contribution is -2.33. The van der Waals surface area contributed by atoms with Crippen molar-refractivity contribution in [3.8, 4) is 0 Å². The maximum Gasteiger partial charge on any atom is 0.0648 e. The minimum Gasteiger partial charge on any atom is -0.392 e. The first-order chi connectivity index (χ1) is 8.38. The molecule has 0 bridgehead atoms. The van der Waals surface area contributed by atoms with Gasteiger partial charge in [-0.2, -0.15) is 0 Å². The van der Waals surface area contributed by atoms with Gasteiger partial charge in [-0.05, 0) is 42.4 Å². The molecule has 0 saturated carbocycles. The summed E-state index contributed by atoms with van der Waals surface area (Å²) in [4.78, 5) is 0. The Balaban J connectivity index is 2.98. The summed E-state index contributed by atoms with van der Waals surface area (Å²) in [5.41, 5.74) is 9.56. The Morgan fingerprint density at radius 1 is 1.11 bits per heavy atom. The van der Waals surface area contributed by atoms with E-state index in [2.05, 4.69) is 52.8 Å². The molecule has 0 aliphatic rings. The maximum absolute atomic E-state index is 10.5. The van der Waals surface area contributed by atoms with Crippen molar-refractivity contribution < 1.29 is 5.11 Å². The van der Waals surface area contributed by atoms with Crippen LogP contribution in [-0.4, -0.2) is 17.8 Å². The second-order valence-electron chi connectivity index (χ2n) is 5.78. The molecule has 1 aromatic rings. The van der Waals surface area contributed by atoms with E-state index in [1.165, 1.54) is 11.1 Å². The van der Waals surface area contributed by atoms with Gasteiger partial charge in [0.05, 0.1) is 6.10 Å². The maximum atomic E-state index is 10.5. The molecule has 0 aliphatic carbocycles. The van der Waals surface area contributed by atoms with Gasteiger partial charge in [0, 0.05) is 12.5 Å². The lowest BCUT2D eigenvalue weighted by Gasteiger charge is -2.29. The van der Waals surface area contributed by atoms with Crippen LogP contribution in [0.25, 0.3) is 0 Å². The predicted molar refractivity (Wildman–Crippen MR) is 77.7 cm³/mol. The largest absolute Gasteiger partial charge is 0.392 e. The highest BCUT2D eigenvalue weighted by atomic mass is 16.3. The molecule has 0 saturated heterocycles. The molecule has 0 spiro atoms. The molecule has 0 amide bonds. The monoisotopic (exact) mass is 249 g/mol.